The van der Waals surface area contributed by atoms with E-state index in [1.165, 1.54) is 0 Å². The Morgan fingerprint density at radius 2 is 2.16 bits per heavy atom. The van der Waals surface area contributed by atoms with Crippen molar-refractivity contribution < 1.29 is 9.47 Å². The largest absolute Gasteiger partial charge is 0.382 e. The molecule has 1 rings (SSSR count). The summed E-state index contributed by atoms with van der Waals surface area (Å²) < 4.78 is 12.2. The van der Waals surface area contributed by atoms with Crippen molar-refractivity contribution in [3.63, 3.8) is 0 Å². The highest BCUT2D eigenvalue weighted by molar-refractivity contribution is 4.80. The highest BCUT2D eigenvalue weighted by atomic mass is 16.5. The van der Waals surface area contributed by atoms with Gasteiger partial charge in [-0.15, -0.1) is 0 Å². The van der Waals surface area contributed by atoms with Gasteiger partial charge < -0.3 is 14.8 Å². The van der Waals surface area contributed by atoms with Gasteiger partial charge in [0.15, 0.2) is 5.82 Å². The quantitative estimate of drug-likeness (QED) is 0.610. The molecule has 0 atom stereocenters. The molecule has 6 nitrogen and oxygen atoms in total. The Balaban J connectivity index is 2.09. The van der Waals surface area contributed by atoms with Crippen molar-refractivity contribution in [1.29, 1.82) is 0 Å². The van der Waals surface area contributed by atoms with Crippen molar-refractivity contribution in [1.82, 2.24) is 20.1 Å². The Morgan fingerprint density at radius 3 is 2.89 bits per heavy atom. The van der Waals surface area contributed by atoms with Gasteiger partial charge in [0.1, 0.15) is 6.33 Å². The molecule has 6 heteroatoms. The Kier molecular flexibility index (Phi) is 8.36. The van der Waals surface area contributed by atoms with E-state index in [0.717, 1.165) is 38.5 Å². The molecular weight excluding hydrogens is 244 g/mol. The molecule has 0 aromatic carbocycles. The predicted octanol–water partition coefficient (Wildman–Crippen LogP) is 1.08. The van der Waals surface area contributed by atoms with E-state index in [-0.39, 0.29) is 0 Å². The highest BCUT2D eigenvalue weighted by Gasteiger charge is 2.01. The van der Waals surface area contributed by atoms with Crippen LogP contribution in [-0.4, -0.2) is 48.2 Å². The second-order valence-electron chi connectivity index (χ2n) is 4.91. The predicted molar refractivity (Wildman–Crippen MR) is 73.9 cm³/mol. The molecule has 1 aromatic heterocycles. The molecule has 110 valence electrons. The van der Waals surface area contributed by atoms with E-state index in [1.54, 1.807) is 13.4 Å². The number of ether oxygens (including phenoxy) is 2. The minimum Gasteiger partial charge on any atom is -0.382 e. The van der Waals surface area contributed by atoms with Crippen LogP contribution in [0.1, 0.15) is 26.1 Å². The van der Waals surface area contributed by atoms with Crippen molar-refractivity contribution >= 4 is 0 Å². The first-order valence-electron chi connectivity index (χ1n) is 6.88. The number of aryl methyl sites for hydroxylation is 1. The minimum atomic E-state index is 0.645. The summed E-state index contributed by atoms with van der Waals surface area (Å²) in [6.45, 7) is 8.95. The van der Waals surface area contributed by atoms with E-state index in [0.29, 0.717) is 19.1 Å². The van der Waals surface area contributed by atoms with Crippen molar-refractivity contribution in [2.24, 2.45) is 5.92 Å². The van der Waals surface area contributed by atoms with Gasteiger partial charge in [-0.3, -0.25) is 4.68 Å². The molecule has 1 heterocycles. The van der Waals surface area contributed by atoms with Crippen LogP contribution < -0.4 is 5.32 Å². The Hall–Kier alpha value is -0.980. The molecule has 1 aromatic rings. The zero-order valence-corrected chi connectivity index (χ0v) is 12.3. The first-order chi connectivity index (χ1) is 9.22. The van der Waals surface area contributed by atoms with Gasteiger partial charge in [-0.2, -0.15) is 5.10 Å². The van der Waals surface area contributed by atoms with Gasteiger partial charge in [0.05, 0.1) is 19.8 Å². The first-order valence-corrected chi connectivity index (χ1v) is 6.88. The smallest absolute Gasteiger partial charge is 0.164 e. The maximum atomic E-state index is 5.39. The summed E-state index contributed by atoms with van der Waals surface area (Å²) in [5.41, 5.74) is 0. The van der Waals surface area contributed by atoms with Crippen molar-refractivity contribution in [2.75, 3.05) is 33.5 Å². The molecule has 0 spiro atoms. The fourth-order valence-corrected chi connectivity index (χ4v) is 1.57. The molecule has 0 bridgehead atoms. The fourth-order valence-electron chi connectivity index (χ4n) is 1.57. The fraction of sp³-hybridized carbons (Fsp3) is 0.846. The van der Waals surface area contributed by atoms with Crippen molar-refractivity contribution in [3.05, 3.63) is 12.2 Å². The lowest BCUT2D eigenvalue weighted by atomic mass is 10.2. The number of nitrogens with zero attached hydrogens (tertiary/aromatic N) is 3. The topological polar surface area (TPSA) is 61.2 Å². The summed E-state index contributed by atoms with van der Waals surface area (Å²) in [6.07, 6.45) is 2.72. The summed E-state index contributed by atoms with van der Waals surface area (Å²) >= 11 is 0. The van der Waals surface area contributed by atoms with Gasteiger partial charge in [0.25, 0.3) is 0 Å². The van der Waals surface area contributed by atoms with Crippen LogP contribution in [0.25, 0.3) is 0 Å². The van der Waals surface area contributed by atoms with E-state index >= 15 is 0 Å². The molecule has 0 aliphatic rings. The van der Waals surface area contributed by atoms with E-state index in [2.05, 4.69) is 29.2 Å². The van der Waals surface area contributed by atoms with Crippen molar-refractivity contribution in [2.45, 2.75) is 33.4 Å². The standard InChI is InChI=1S/C13H26N4O2/c1-12(2)9-14-10-13-15-11-17(16-13)5-4-6-19-8-7-18-3/h11-12,14H,4-10H2,1-3H3. The molecule has 0 unspecified atom stereocenters. The van der Waals surface area contributed by atoms with E-state index in [9.17, 15) is 0 Å². The SMILES string of the molecule is COCCOCCCn1cnc(CNCC(C)C)n1. The maximum absolute atomic E-state index is 5.39. The normalized spacial score (nSPS) is 11.4. The van der Waals surface area contributed by atoms with Crippen LogP contribution in [0.15, 0.2) is 6.33 Å². The van der Waals surface area contributed by atoms with Crippen LogP contribution in [0.3, 0.4) is 0 Å². The first kappa shape index (κ1) is 16.1. The lowest BCUT2D eigenvalue weighted by Crippen LogP contribution is -2.19. The lowest BCUT2D eigenvalue weighted by Gasteiger charge is -2.04. The van der Waals surface area contributed by atoms with Gasteiger partial charge in [-0.25, -0.2) is 4.98 Å². The van der Waals surface area contributed by atoms with Crippen LogP contribution in [0.2, 0.25) is 0 Å². The molecule has 0 saturated heterocycles. The molecule has 19 heavy (non-hydrogen) atoms. The maximum Gasteiger partial charge on any atom is 0.164 e. The average Bonchev–Trinajstić information content (AvgIpc) is 2.81. The third kappa shape index (κ3) is 7.92. The summed E-state index contributed by atoms with van der Waals surface area (Å²) in [5, 5.41) is 7.73. The summed E-state index contributed by atoms with van der Waals surface area (Å²) in [6, 6.07) is 0. The third-order valence-electron chi connectivity index (χ3n) is 2.53. The number of aromatic nitrogens is 3. The number of methoxy groups -OCH3 is 1. The molecule has 0 saturated carbocycles. The monoisotopic (exact) mass is 270 g/mol. The van der Waals surface area contributed by atoms with Gasteiger partial charge in [0, 0.05) is 20.3 Å². The minimum absolute atomic E-state index is 0.645. The van der Waals surface area contributed by atoms with Gasteiger partial charge >= 0.3 is 0 Å². The zero-order chi connectivity index (χ0) is 13.9. The molecular formula is C13H26N4O2. The van der Waals surface area contributed by atoms with Gasteiger partial charge in [-0.05, 0) is 18.9 Å². The highest BCUT2D eigenvalue weighted by Crippen LogP contribution is 1.94. The van der Waals surface area contributed by atoms with E-state index in [4.69, 9.17) is 9.47 Å². The summed E-state index contributed by atoms with van der Waals surface area (Å²) in [4.78, 5) is 4.27. The molecule has 0 aliphatic carbocycles. The van der Waals surface area contributed by atoms with Gasteiger partial charge in [0.2, 0.25) is 0 Å². The zero-order valence-electron chi connectivity index (χ0n) is 12.3. The number of hydrogen-bond donors (Lipinski definition) is 1. The Morgan fingerprint density at radius 1 is 1.32 bits per heavy atom. The second kappa shape index (κ2) is 9.89. The van der Waals surface area contributed by atoms with Crippen LogP contribution in [0.5, 0.6) is 0 Å². The Labute approximate surface area is 115 Å². The van der Waals surface area contributed by atoms with Crippen LogP contribution >= 0.6 is 0 Å². The molecule has 0 aliphatic heterocycles. The molecule has 1 N–H and O–H groups in total. The van der Waals surface area contributed by atoms with Crippen LogP contribution in [-0.2, 0) is 22.6 Å². The van der Waals surface area contributed by atoms with Gasteiger partial charge in [-0.1, -0.05) is 13.8 Å². The third-order valence-corrected chi connectivity index (χ3v) is 2.53. The number of rotatable bonds is 11. The second-order valence-corrected chi connectivity index (χ2v) is 4.91. The van der Waals surface area contributed by atoms with E-state index < -0.39 is 0 Å². The van der Waals surface area contributed by atoms with E-state index in [1.807, 2.05) is 4.68 Å². The van der Waals surface area contributed by atoms with Crippen LogP contribution in [0, 0.1) is 5.92 Å². The lowest BCUT2D eigenvalue weighted by molar-refractivity contribution is 0.0677. The van der Waals surface area contributed by atoms with Crippen molar-refractivity contribution in [3.8, 4) is 0 Å². The molecule has 0 radical (unpaired) electrons. The molecule has 0 amide bonds. The summed E-state index contributed by atoms with van der Waals surface area (Å²) in [7, 11) is 1.67. The number of hydrogen-bond acceptors (Lipinski definition) is 5. The average molecular weight is 270 g/mol. The van der Waals surface area contributed by atoms with Crippen LogP contribution in [0.4, 0.5) is 0 Å². The summed E-state index contributed by atoms with van der Waals surface area (Å²) in [5.74, 6) is 1.49. The number of nitrogens with one attached hydrogen (secondary N) is 1. The molecule has 0 fully saturated rings. The Bertz CT molecular complexity index is 328.